The Kier molecular flexibility index (Phi) is 6.77. The van der Waals surface area contributed by atoms with Gasteiger partial charge in [0.2, 0.25) is 5.78 Å². The molecule has 1 unspecified atom stereocenters. The molecule has 0 heterocycles. The lowest BCUT2D eigenvalue weighted by Gasteiger charge is -2.14. The Bertz CT molecular complexity index is 320. The first-order valence-corrected chi connectivity index (χ1v) is 5.31. The van der Waals surface area contributed by atoms with Crippen molar-refractivity contribution >= 4 is 23.5 Å². The van der Waals surface area contributed by atoms with Crippen molar-refractivity contribution in [2.24, 2.45) is 0 Å². The maximum absolute atomic E-state index is 11.2. The summed E-state index contributed by atoms with van der Waals surface area (Å²) in [5.41, 5.74) is 0. The molecular formula is C11H16O6. The zero-order valence-corrected chi connectivity index (χ0v) is 9.89. The molecule has 0 rings (SSSR count). The van der Waals surface area contributed by atoms with Crippen LogP contribution < -0.4 is 0 Å². The van der Waals surface area contributed by atoms with Crippen LogP contribution in [0.4, 0.5) is 0 Å². The predicted molar refractivity (Wildman–Crippen MR) is 57.3 cm³/mol. The summed E-state index contributed by atoms with van der Waals surface area (Å²) >= 11 is 0. The topological polar surface area (TPSA) is 97.7 Å². The lowest BCUT2D eigenvalue weighted by molar-refractivity contribution is -0.153. The zero-order chi connectivity index (χ0) is 13.4. The third kappa shape index (κ3) is 7.21. The molecule has 0 saturated heterocycles. The molecule has 96 valence electrons. The van der Waals surface area contributed by atoms with E-state index in [-0.39, 0.29) is 19.3 Å². The Morgan fingerprint density at radius 3 is 2.18 bits per heavy atom. The lowest BCUT2D eigenvalue weighted by Crippen LogP contribution is -2.24. The quantitative estimate of drug-likeness (QED) is 0.499. The van der Waals surface area contributed by atoms with Gasteiger partial charge in [-0.3, -0.25) is 19.2 Å². The molecule has 0 spiro atoms. The highest BCUT2D eigenvalue weighted by molar-refractivity contribution is 6.36. The van der Waals surface area contributed by atoms with E-state index >= 15 is 0 Å². The maximum Gasteiger partial charge on any atom is 0.306 e. The largest absolute Gasteiger partial charge is 0.481 e. The first-order chi connectivity index (χ1) is 7.86. The Hall–Kier alpha value is -1.72. The number of rotatable bonds is 8. The standard InChI is InChI=1S/C11H16O6/c1-3-8(6-9(13)7(2)12)17-11(16)5-4-10(14)15/h8H,3-6H2,1-2H3,(H,14,15). The molecule has 0 saturated carbocycles. The molecule has 0 aliphatic heterocycles. The number of carboxylic acid groups (broad SMARTS) is 1. The van der Waals surface area contributed by atoms with Gasteiger partial charge in [0.15, 0.2) is 5.78 Å². The van der Waals surface area contributed by atoms with Gasteiger partial charge >= 0.3 is 11.9 Å². The number of hydrogen-bond acceptors (Lipinski definition) is 5. The van der Waals surface area contributed by atoms with Crippen LogP contribution in [0, 0.1) is 0 Å². The Balaban J connectivity index is 4.12. The summed E-state index contributed by atoms with van der Waals surface area (Å²) in [5.74, 6) is -2.93. The van der Waals surface area contributed by atoms with Crippen molar-refractivity contribution < 1.29 is 29.0 Å². The van der Waals surface area contributed by atoms with Gasteiger partial charge in [-0.05, 0) is 6.42 Å². The highest BCUT2D eigenvalue weighted by Crippen LogP contribution is 2.07. The first-order valence-electron chi connectivity index (χ1n) is 5.31. The Labute approximate surface area is 98.9 Å². The minimum Gasteiger partial charge on any atom is -0.481 e. The number of ether oxygens (including phenoxy) is 1. The summed E-state index contributed by atoms with van der Waals surface area (Å²) in [5, 5.41) is 8.37. The fourth-order valence-electron chi connectivity index (χ4n) is 1.07. The van der Waals surface area contributed by atoms with Crippen molar-refractivity contribution in [3.05, 3.63) is 0 Å². The van der Waals surface area contributed by atoms with Gasteiger partial charge in [0.05, 0.1) is 19.3 Å². The van der Waals surface area contributed by atoms with Gasteiger partial charge in [-0.25, -0.2) is 0 Å². The summed E-state index contributed by atoms with van der Waals surface area (Å²) in [4.78, 5) is 43.3. The van der Waals surface area contributed by atoms with E-state index in [9.17, 15) is 19.2 Å². The van der Waals surface area contributed by atoms with Crippen molar-refractivity contribution in [2.75, 3.05) is 0 Å². The number of hydrogen-bond donors (Lipinski definition) is 1. The van der Waals surface area contributed by atoms with Gasteiger partial charge in [-0.15, -0.1) is 0 Å². The van der Waals surface area contributed by atoms with Gasteiger partial charge in [0, 0.05) is 6.92 Å². The number of carbonyl (C=O) groups excluding carboxylic acids is 3. The van der Waals surface area contributed by atoms with Crippen molar-refractivity contribution in [3.63, 3.8) is 0 Å². The fraction of sp³-hybridized carbons (Fsp3) is 0.636. The Morgan fingerprint density at radius 2 is 1.76 bits per heavy atom. The van der Waals surface area contributed by atoms with Gasteiger partial charge < -0.3 is 9.84 Å². The van der Waals surface area contributed by atoms with Crippen LogP contribution in [0.2, 0.25) is 0 Å². The van der Waals surface area contributed by atoms with Gasteiger partial charge in [-0.2, -0.15) is 0 Å². The van der Waals surface area contributed by atoms with Crippen LogP contribution in [0.5, 0.6) is 0 Å². The molecule has 0 aliphatic rings. The molecule has 17 heavy (non-hydrogen) atoms. The minimum absolute atomic E-state index is 0.148. The van der Waals surface area contributed by atoms with E-state index in [2.05, 4.69) is 0 Å². The number of carbonyl (C=O) groups is 4. The van der Waals surface area contributed by atoms with Crippen LogP contribution in [0.15, 0.2) is 0 Å². The molecule has 0 aromatic carbocycles. The van der Waals surface area contributed by atoms with Crippen molar-refractivity contribution in [3.8, 4) is 0 Å². The summed E-state index contributed by atoms with van der Waals surface area (Å²) in [6.45, 7) is 2.86. The number of Topliss-reactive ketones (excluding diaryl/α,β-unsaturated/α-hetero) is 2. The fourth-order valence-corrected chi connectivity index (χ4v) is 1.07. The number of ketones is 2. The molecule has 0 bridgehead atoms. The van der Waals surface area contributed by atoms with E-state index in [0.717, 1.165) is 6.92 Å². The number of esters is 1. The monoisotopic (exact) mass is 244 g/mol. The van der Waals surface area contributed by atoms with Crippen LogP contribution in [0.25, 0.3) is 0 Å². The predicted octanol–water partition coefficient (Wildman–Crippen LogP) is 0.721. The maximum atomic E-state index is 11.2. The second-order valence-corrected chi connectivity index (χ2v) is 3.60. The average molecular weight is 244 g/mol. The third-order valence-electron chi connectivity index (χ3n) is 2.10. The molecule has 0 aliphatic carbocycles. The minimum atomic E-state index is -1.09. The first kappa shape index (κ1) is 15.3. The van der Waals surface area contributed by atoms with Crippen molar-refractivity contribution in [1.82, 2.24) is 0 Å². The van der Waals surface area contributed by atoms with Gasteiger partial charge in [0.1, 0.15) is 6.10 Å². The normalized spacial score (nSPS) is 11.6. The number of aliphatic carboxylic acids is 1. The van der Waals surface area contributed by atoms with E-state index in [1.54, 1.807) is 6.92 Å². The summed E-state index contributed by atoms with van der Waals surface area (Å²) in [7, 11) is 0. The molecule has 6 nitrogen and oxygen atoms in total. The van der Waals surface area contributed by atoms with Crippen LogP contribution >= 0.6 is 0 Å². The van der Waals surface area contributed by atoms with Crippen LogP contribution in [-0.4, -0.2) is 34.7 Å². The molecule has 0 fully saturated rings. The average Bonchev–Trinajstić information content (AvgIpc) is 2.25. The van der Waals surface area contributed by atoms with E-state index in [1.165, 1.54) is 0 Å². The molecule has 0 aromatic heterocycles. The summed E-state index contributed by atoms with van der Waals surface area (Å²) in [6.07, 6.45) is -0.953. The van der Waals surface area contributed by atoms with Crippen LogP contribution in [-0.2, 0) is 23.9 Å². The molecule has 0 amide bonds. The second-order valence-electron chi connectivity index (χ2n) is 3.60. The molecule has 6 heteroatoms. The van der Waals surface area contributed by atoms with Crippen LogP contribution in [0.1, 0.15) is 39.5 Å². The highest BCUT2D eigenvalue weighted by atomic mass is 16.5. The van der Waals surface area contributed by atoms with E-state index < -0.39 is 29.6 Å². The number of carboxylic acids is 1. The lowest BCUT2D eigenvalue weighted by atomic mass is 10.1. The van der Waals surface area contributed by atoms with E-state index in [0.29, 0.717) is 6.42 Å². The van der Waals surface area contributed by atoms with E-state index in [4.69, 9.17) is 9.84 Å². The van der Waals surface area contributed by atoms with Crippen molar-refractivity contribution in [1.29, 1.82) is 0 Å². The molecule has 0 radical (unpaired) electrons. The molecule has 1 N–H and O–H groups in total. The smallest absolute Gasteiger partial charge is 0.306 e. The van der Waals surface area contributed by atoms with Crippen molar-refractivity contribution in [2.45, 2.75) is 45.6 Å². The third-order valence-corrected chi connectivity index (χ3v) is 2.10. The van der Waals surface area contributed by atoms with Gasteiger partial charge in [0.25, 0.3) is 0 Å². The molecular weight excluding hydrogens is 228 g/mol. The highest BCUT2D eigenvalue weighted by Gasteiger charge is 2.19. The van der Waals surface area contributed by atoms with E-state index in [1.807, 2.05) is 0 Å². The zero-order valence-electron chi connectivity index (χ0n) is 9.89. The van der Waals surface area contributed by atoms with Gasteiger partial charge in [-0.1, -0.05) is 6.92 Å². The summed E-state index contributed by atoms with van der Waals surface area (Å²) in [6, 6.07) is 0. The molecule has 1 atom stereocenters. The Morgan fingerprint density at radius 1 is 1.18 bits per heavy atom. The SMILES string of the molecule is CCC(CC(=O)C(C)=O)OC(=O)CCC(=O)O. The second kappa shape index (κ2) is 7.54. The molecule has 0 aromatic rings. The van der Waals surface area contributed by atoms with Crippen LogP contribution in [0.3, 0.4) is 0 Å². The summed E-state index contributed by atoms with van der Waals surface area (Å²) < 4.78 is 4.90.